The summed E-state index contributed by atoms with van der Waals surface area (Å²) in [6.07, 6.45) is 15.3. The predicted octanol–water partition coefficient (Wildman–Crippen LogP) is 5.04. The predicted molar refractivity (Wildman–Crippen MR) is 104 cm³/mol. The number of unbranched alkanes of at least 4 members (excludes halogenated alkanes) is 9. The minimum absolute atomic E-state index is 0.125. The standard InChI is InChI=1S/C19H41NO3S/c1-5-6-7-8-9-10-11-12-13-14-16-19(2)20(3,4)17-15-18-24(21,22)23/h19H,5-18H2,1-4H3/p+1. The highest BCUT2D eigenvalue weighted by Crippen LogP contribution is 2.17. The summed E-state index contributed by atoms with van der Waals surface area (Å²) in [5.74, 6) is -0.125. The largest absolute Gasteiger partial charge is 0.326 e. The highest BCUT2D eigenvalue weighted by molar-refractivity contribution is 7.85. The molecule has 0 aliphatic carbocycles. The van der Waals surface area contributed by atoms with Gasteiger partial charge >= 0.3 is 0 Å². The second-order valence-corrected chi connectivity index (χ2v) is 9.53. The fourth-order valence-corrected chi connectivity index (χ4v) is 3.65. The maximum absolute atomic E-state index is 10.8. The molecule has 0 saturated carbocycles. The molecule has 5 heteroatoms. The SMILES string of the molecule is CCCCCCCCCCCCC(C)[N+](C)(C)CCCS(=O)(=O)O. The van der Waals surface area contributed by atoms with Crippen molar-refractivity contribution >= 4 is 10.1 Å². The van der Waals surface area contributed by atoms with Gasteiger partial charge in [0, 0.05) is 6.42 Å². The van der Waals surface area contributed by atoms with Crippen molar-refractivity contribution < 1.29 is 17.5 Å². The summed E-state index contributed by atoms with van der Waals surface area (Å²) in [5.41, 5.74) is 0. The van der Waals surface area contributed by atoms with Gasteiger partial charge in [0.05, 0.1) is 32.4 Å². The molecule has 0 aliphatic heterocycles. The van der Waals surface area contributed by atoms with E-state index in [2.05, 4.69) is 27.9 Å². The summed E-state index contributed by atoms with van der Waals surface area (Å²) in [6, 6.07) is 0.528. The molecule has 0 spiro atoms. The molecule has 0 aromatic heterocycles. The van der Waals surface area contributed by atoms with E-state index in [1.807, 2.05) is 0 Å². The average Bonchev–Trinajstić information content (AvgIpc) is 2.47. The molecule has 0 radical (unpaired) electrons. The van der Waals surface area contributed by atoms with Crippen molar-refractivity contribution in [2.75, 3.05) is 26.4 Å². The fourth-order valence-electron chi connectivity index (χ4n) is 3.15. The number of hydrogen-bond donors (Lipinski definition) is 1. The maximum atomic E-state index is 10.8. The lowest BCUT2D eigenvalue weighted by atomic mass is 10.0. The Balaban J connectivity index is 3.64. The van der Waals surface area contributed by atoms with Crippen LogP contribution < -0.4 is 0 Å². The van der Waals surface area contributed by atoms with Crippen LogP contribution >= 0.6 is 0 Å². The van der Waals surface area contributed by atoms with Crippen LogP contribution in [0.1, 0.15) is 90.9 Å². The van der Waals surface area contributed by atoms with E-state index in [0.717, 1.165) is 11.0 Å². The first-order valence-corrected chi connectivity index (χ1v) is 11.6. The van der Waals surface area contributed by atoms with Crippen molar-refractivity contribution in [2.24, 2.45) is 0 Å². The summed E-state index contributed by atoms with van der Waals surface area (Å²) >= 11 is 0. The second kappa shape index (κ2) is 13.1. The molecule has 0 heterocycles. The van der Waals surface area contributed by atoms with Crippen molar-refractivity contribution in [3.63, 3.8) is 0 Å². The Morgan fingerprint density at radius 3 is 1.75 bits per heavy atom. The van der Waals surface area contributed by atoms with Crippen molar-refractivity contribution in [1.82, 2.24) is 0 Å². The summed E-state index contributed by atoms with van der Waals surface area (Å²) in [7, 11) is 0.496. The van der Waals surface area contributed by atoms with Gasteiger partial charge < -0.3 is 4.48 Å². The van der Waals surface area contributed by atoms with Gasteiger partial charge in [-0.25, -0.2) is 0 Å². The van der Waals surface area contributed by atoms with Gasteiger partial charge in [0.2, 0.25) is 0 Å². The zero-order chi connectivity index (χ0) is 18.5. The molecule has 0 fully saturated rings. The zero-order valence-electron chi connectivity index (χ0n) is 16.6. The molecule has 0 saturated heterocycles. The van der Waals surface area contributed by atoms with Crippen LogP contribution in [-0.4, -0.2) is 49.9 Å². The molecule has 0 aliphatic rings. The van der Waals surface area contributed by atoms with Crippen LogP contribution in [0.4, 0.5) is 0 Å². The van der Waals surface area contributed by atoms with Gasteiger partial charge in [-0.15, -0.1) is 0 Å². The minimum atomic E-state index is -3.82. The maximum Gasteiger partial charge on any atom is 0.265 e. The van der Waals surface area contributed by atoms with Crippen LogP contribution in [0, 0.1) is 0 Å². The zero-order valence-corrected chi connectivity index (χ0v) is 17.4. The van der Waals surface area contributed by atoms with Gasteiger partial charge in [0.25, 0.3) is 10.1 Å². The van der Waals surface area contributed by atoms with Crippen molar-refractivity contribution in [1.29, 1.82) is 0 Å². The van der Waals surface area contributed by atoms with E-state index in [-0.39, 0.29) is 5.75 Å². The van der Waals surface area contributed by atoms with E-state index in [1.54, 1.807) is 0 Å². The Labute approximate surface area is 151 Å². The highest BCUT2D eigenvalue weighted by atomic mass is 32.2. The van der Waals surface area contributed by atoms with Crippen LogP contribution in [0.25, 0.3) is 0 Å². The van der Waals surface area contributed by atoms with Crippen LogP contribution in [0.2, 0.25) is 0 Å². The normalized spacial score (nSPS) is 14.0. The first kappa shape index (κ1) is 23.9. The number of rotatable bonds is 16. The lowest BCUT2D eigenvalue weighted by Crippen LogP contribution is -2.48. The fraction of sp³-hybridized carbons (Fsp3) is 1.00. The molecule has 4 nitrogen and oxygen atoms in total. The van der Waals surface area contributed by atoms with E-state index in [0.29, 0.717) is 12.5 Å². The Hall–Kier alpha value is -0.130. The number of hydrogen-bond acceptors (Lipinski definition) is 2. The third-order valence-corrected chi connectivity index (χ3v) is 6.11. The van der Waals surface area contributed by atoms with Crippen LogP contribution in [-0.2, 0) is 10.1 Å². The molecule has 1 unspecified atom stereocenters. The van der Waals surface area contributed by atoms with Gasteiger partial charge in [-0.05, 0) is 19.8 Å². The van der Waals surface area contributed by atoms with Gasteiger partial charge in [-0.3, -0.25) is 4.55 Å². The Kier molecular flexibility index (Phi) is 13.1. The molecule has 1 atom stereocenters. The van der Waals surface area contributed by atoms with Gasteiger partial charge in [0.1, 0.15) is 0 Å². The van der Waals surface area contributed by atoms with Crippen molar-refractivity contribution in [2.45, 2.75) is 96.9 Å². The molecule has 1 N–H and O–H groups in total. The molecule has 0 aromatic carbocycles. The Bertz CT molecular complexity index is 393. The molecule has 0 aromatic rings. The Morgan fingerprint density at radius 1 is 0.833 bits per heavy atom. The summed E-state index contributed by atoms with van der Waals surface area (Å²) in [6.45, 7) is 5.30. The van der Waals surface area contributed by atoms with Crippen molar-refractivity contribution in [3.8, 4) is 0 Å². The van der Waals surface area contributed by atoms with E-state index in [4.69, 9.17) is 4.55 Å². The lowest BCUT2D eigenvalue weighted by Gasteiger charge is -2.36. The average molecular weight is 365 g/mol. The monoisotopic (exact) mass is 364 g/mol. The second-order valence-electron chi connectivity index (χ2n) is 7.96. The third-order valence-electron chi connectivity index (χ3n) is 5.31. The topological polar surface area (TPSA) is 54.4 Å². The smallest absolute Gasteiger partial charge is 0.265 e. The molecular weight excluding hydrogens is 322 g/mol. The minimum Gasteiger partial charge on any atom is -0.326 e. The molecular formula is C19H42NO3S+. The molecule has 24 heavy (non-hydrogen) atoms. The highest BCUT2D eigenvalue weighted by Gasteiger charge is 2.23. The van der Waals surface area contributed by atoms with Gasteiger partial charge in [-0.1, -0.05) is 64.7 Å². The molecule has 146 valence electrons. The van der Waals surface area contributed by atoms with E-state index >= 15 is 0 Å². The Morgan fingerprint density at radius 2 is 1.29 bits per heavy atom. The third kappa shape index (κ3) is 14.2. The summed E-state index contributed by atoms with van der Waals surface area (Å²) in [4.78, 5) is 0. The quantitative estimate of drug-likeness (QED) is 0.237. The lowest BCUT2D eigenvalue weighted by molar-refractivity contribution is -0.913. The number of quaternary nitrogens is 1. The van der Waals surface area contributed by atoms with Gasteiger partial charge in [-0.2, -0.15) is 8.42 Å². The van der Waals surface area contributed by atoms with E-state index < -0.39 is 10.1 Å². The van der Waals surface area contributed by atoms with Crippen LogP contribution in [0.15, 0.2) is 0 Å². The van der Waals surface area contributed by atoms with Gasteiger partial charge in [0.15, 0.2) is 0 Å². The van der Waals surface area contributed by atoms with Crippen LogP contribution in [0.5, 0.6) is 0 Å². The number of nitrogens with zero attached hydrogens (tertiary/aromatic N) is 1. The van der Waals surface area contributed by atoms with E-state index in [9.17, 15) is 8.42 Å². The molecule has 0 rings (SSSR count). The van der Waals surface area contributed by atoms with E-state index in [1.165, 1.54) is 70.6 Å². The van der Waals surface area contributed by atoms with Crippen molar-refractivity contribution in [3.05, 3.63) is 0 Å². The molecule has 0 amide bonds. The van der Waals surface area contributed by atoms with Crippen LogP contribution in [0.3, 0.4) is 0 Å². The summed E-state index contributed by atoms with van der Waals surface area (Å²) < 4.78 is 31.3. The molecule has 0 bridgehead atoms. The first-order valence-electron chi connectivity index (χ1n) is 9.97. The summed E-state index contributed by atoms with van der Waals surface area (Å²) in [5, 5.41) is 0. The first-order chi connectivity index (χ1) is 11.2.